The van der Waals surface area contributed by atoms with Gasteiger partial charge >= 0.3 is 5.97 Å². The first-order valence-electron chi connectivity index (χ1n) is 5.32. The number of rotatable bonds is 4. The molecule has 0 aliphatic carbocycles. The molecule has 1 atom stereocenters. The average molecular weight is 230 g/mol. The van der Waals surface area contributed by atoms with Crippen molar-refractivity contribution in [1.82, 2.24) is 4.90 Å². The van der Waals surface area contributed by atoms with E-state index in [0.717, 1.165) is 0 Å². The highest BCUT2D eigenvalue weighted by molar-refractivity contribution is 5.79. The minimum Gasteiger partial charge on any atom is -0.459 e. The van der Waals surface area contributed by atoms with Gasteiger partial charge in [0, 0.05) is 20.5 Å². The summed E-state index contributed by atoms with van der Waals surface area (Å²) < 4.78 is 5.10. The maximum Gasteiger partial charge on any atom is 0.323 e. The van der Waals surface area contributed by atoms with Crippen LogP contribution in [0.1, 0.15) is 33.6 Å². The number of nitrogens with zero attached hydrogens (tertiary/aromatic N) is 1. The normalized spacial score (nSPS) is 13.1. The third kappa shape index (κ3) is 6.40. The second kappa shape index (κ2) is 5.84. The Labute approximate surface area is 96.9 Å². The number of amides is 1. The number of hydrogen-bond acceptors (Lipinski definition) is 4. The highest BCUT2D eigenvalue weighted by atomic mass is 16.6. The second-order valence-electron chi connectivity index (χ2n) is 4.97. The molecule has 0 aromatic heterocycles. The zero-order valence-electron chi connectivity index (χ0n) is 10.7. The summed E-state index contributed by atoms with van der Waals surface area (Å²) in [5, 5.41) is 0. The first kappa shape index (κ1) is 14.9. The van der Waals surface area contributed by atoms with Gasteiger partial charge in [-0.3, -0.25) is 9.59 Å². The molecule has 0 rings (SSSR count). The molecule has 0 radical (unpaired) electrons. The summed E-state index contributed by atoms with van der Waals surface area (Å²) in [7, 11) is 3.34. The van der Waals surface area contributed by atoms with Crippen LogP contribution in [0.25, 0.3) is 0 Å². The first-order valence-corrected chi connectivity index (χ1v) is 5.32. The second-order valence-corrected chi connectivity index (χ2v) is 4.97. The number of ether oxygens (including phenoxy) is 1. The van der Waals surface area contributed by atoms with Crippen molar-refractivity contribution < 1.29 is 14.3 Å². The fraction of sp³-hybridized carbons (Fsp3) is 0.818. The molecule has 94 valence electrons. The molecule has 0 heterocycles. The number of carbonyl (C=O) groups is 2. The lowest BCUT2D eigenvalue weighted by molar-refractivity contribution is -0.156. The fourth-order valence-electron chi connectivity index (χ4n) is 0.998. The van der Waals surface area contributed by atoms with Crippen LogP contribution in [0.5, 0.6) is 0 Å². The molecule has 16 heavy (non-hydrogen) atoms. The summed E-state index contributed by atoms with van der Waals surface area (Å²) in [6, 6.07) is -0.733. The maximum absolute atomic E-state index is 11.5. The van der Waals surface area contributed by atoms with Gasteiger partial charge in [-0.15, -0.1) is 0 Å². The molecule has 0 saturated carbocycles. The average Bonchev–Trinajstić information content (AvgIpc) is 2.10. The summed E-state index contributed by atoms with van der Waals surface area (Å²) in [6.07, 6.45) is 0.569. The molecule has 0 bridgehead atoms. The van der Waals surface area contributed by atoms with E-state index in [1.54, 1.807) is 34.9 Å². The molecule has 1 amide bonds. The molecular weight excluding hydrogens is 208 g/mol. The van der Waals surface area contributed by atoms with Crippen LogP contribution in [0.2, 0.25) is 0 Å². The van der Waals surface area contributed by atoms with E-state index < -0.39 is 17.6 Å². The molecule has 0 aliphatic heterocycles. The van der Waals surface area contributed by atoms with Crippen molar-refractivity contribution in [2.45, 2.75) is 45.3 Å². The lowest BCUT2D eigenvalue weighted by Gasteiger charge is -2.22. The van der Waals surface area contributed by atoms with Crippen molar-refractivity contribution in [3.8, 4) is 0 Å². The smallest absolute Gasteiger partial charge is 0.323 e. The molecule has 0 aromatic carbocycles. The van der Waals surface area contributed by atoms with Crippen LogP contribution in [-0.2, 0) is 14.3 Å². The van der Waals surface area contributed by atoms with Crippen LogP contribution in [0.15, 0.2) is 0 Å². The molecule has 0 unspecified atom stereocenters. The standard InChI is InChI=1S/C11H22N2O3/c1-11(2,3)16-10(15)8(12)6-7-9(14)13(4)5/h8H,6-7,12H2,1-5H3/t8-/m0/s1. The van der Waals surface area contributed by atoms with E-state index in [2.05, 4.69) is 0 Å². The van der Waals surface area contributed by atoms with E-state index in [0.29, 0.717) is 6.42 Å². The molecule has 0 saturated heterocycles. The van der Waals surface area contributed by atoms with Crippen molar-refractivity contribution in [3.63, 3.8) is 0 Å². The van der Waals surface area contributed by atoms with Crippen molar-refractivity contribution in [1.29, 1.82) is 0 Å². The Morgan fingerprint density at radius 1 is 1.31 bits per heavy atom. The van der Waals surface area contributed by atoms with Gasteiger partial charge in [-0.1, -0.05) is 0 Å². The Morgan fingerprint density at radius 2 is 1.81 bits per heavy atom. The van der Waals surface area contributed by atoms with Gasteiger partial charge in [0.15, 0.2) is 0 Å². The number of hydrogen-bond donors (Lipinski definition) is 1. The summed E-state index contributed by atoms with van der Waals surface area (Å²) >= 11 is 0. The van der Waals surface area contributed by atoms with Crippen LogP contribution >= 0.6 is 0 Å². The van der Waals surface area contributed by atoms with Crippen molar-refractivity contribution in [2.24, 2.45) is 5.73 Å². The number of carbonyl (C=O) groups excluding carboxylic acids is 2. The van der Waals surface area contributed by atoms with Crippen molar-refractivity contribution in [2.75, 3.05) is 14.1 Å². The Bertz CT molecular complexity index is 256. The van der Waals surface area contributed by atoms with Gasteiger partial charge < -0.3 is 15.4 Å². The summed E-state index contributed by atoms with van der Waals surface area (Å²) in [5.74, 6) is -0.502. The van der Waals surface area contributed by atoms with E-state index >= 15 is 0 Å². The Morgan fingerprint density at radius 3 is 2.19 bits per heavy atom. The van der Waals surface area contributed by atoms with Crippen molar-refractivity contribution >= 4 is 11.9 Å². The minimum atomic E-state index is -0.733. The van der Waals surface area contributed by atoms with Gasteiger partial charge in [-0.05, 0) is 27.2 Å². The fourth-order valence-corrected chi connectivity index (χ4v) is 0.998. The van der Waals surface area contributed by atoms with Gasteiger partial charge in [0.1, 0.15) is 11.6 Å². The van der Waals surface area contributed by atoms with Gasteiger partial charge in [0.25, 0.3) is 0 Å². The molecule has 0 aliphatic rings. The van der Waals surface area contributed by atoms with Gasteiger partial charge in [0.2, 0.25) is 5.91 Å². The lowest BCUT2D eigenvalue weighted by atomic mass is 10.1. The van der Waals surface area contributed by atoms with Crippen LogP contribution in [0.3, 0.4) is 0 Å². The van der Waals surface area contributed by atoms with Gasteiger partial charge in [-0.25, -0.2) is 0 Å². The van der Waals surface area contributed by atoms with E-state index in [-0.39, 0.29) is 12.3 Å². The highest BCUT2D eigenvalue weighted by Gasteiger charge is 2.22. The molecule has 0 aromatic rings. The Hall–Kier alpha value is -1.10. The number of nitrogens with two attached hydrogens (primary N) is 1. The van der Waals surface area contributed by atoms with E-state index in [9.17, 15) is 9.59 Å². The third-order valence-electron chi connectivity index (χ3n) is 1.88. The van der Waals surface area contributed by atoms with Gasteiger partial charge in [0.05, 0.1) is 0 Å². The highest BCUT2D eigenvalue weighted by Crippen LogP contribution is 2.09. The quantitative estimate of drug-likeness (QED) is 0.715. The molecule has 0 fully saturated rings. The minimum absolute atomic E-state index is 0.0426. The van der Waals surface area contributed by atoms with E-state index in [1.165, 1.54) is 4.90 Å². The zero-order chi connectivity index (χ0) is 12.9. The molecular formula is C11H22N2O3. The lowest BCUT2D eigenvalue weighted by Crippen LogP contribution is -2.38. The van der Waals surface area contributed by atoms with Crippen LogP contribution < -0.4 is 5.73 Å². The molecule has 0 spiro atoms. The summed E-state index contributed by atoms with van der Waals surface area (Å²) in [4.78, 5) is 24.2. The predicted molar refractivity (Wildman–Crippen MR) is 61.7 cm³/mol. The van der Waals surface area contributed by atoms with Crippen molar-refractivity contribution in [3.05, 3.63) is 0 Å². The first-order chi connectivity index (χ1) is 7.13. The summed E-state index contributed by atoms with van der Waals surface area (Å²) in [6.45, 7) is 5.34. The topological polar surface area (TPSA) is 72.6 Å². The van der Waals surface area contributed by atoms with E-state index in [4.69, 9.17) is 10.5 Å². The molecule has 2 N–H and O–H groups in total. The SMILES string of the molecule is CN(C)C(=O)CC[C@H](N)C(=O)OC(C)(C)C. The summed E-state index contributed by atoms with van der Waals surface area (Å²) in [5.41, 5.74) is 5.09. The molecule has 5 nitrogen and oxygen atoms in total. The Kier molecular flexibility index (Phi) is 5.44. The van der Waals surface area contributed by atoms with Crippen LogP contribution in [0.4, 0.5) is 0 Å². The maximum atomic E-state index is 11.5. The van der Waals surface area contributed by atoms with E-state index in [1.807, 2.05) is 0 Å². The third-order valence-corrected chi connectivity index (χ3v) is 1.88. The molecule has 5 heteroatoms. The number of esters is 1. The van der Waals surface area contributed by atoms with Crippen LogP contribution in [0, 0.1) is 0 Å². The largest absolute Gasteiger partial charge is 0.459 e. The predicted octanol–water partition coefficient (Wildman–Crippen LogP) is 0.524. The van der Waals surface area contributed by atoms with Gasteiger partial charge in [-0.2, -0.15) is 0 Å². The zero-order valence-corrected chi connectivity index (χ0v) is 10.7. The monoisotopic (exact) mass is 230 g/mol. The van der Waals surface area contributed by atoms with Crippen LogP contribution in [-0.4, -0.2) is 42.5 Å². The Balaban J connectivity index is 4.03.